The minimum atomic E-state index is -0.297. The lowest BCUT2D eigenvalue weighted by Gasteiger charge is -2.14. The van der Waals surface area contributed by atoms with Crippen molar-refractivity contribution in [3.05, 3.63) is 34.2 Å². The SMILES string of the molecule is Cc1ccn(CCCC(C)(C)C#N)c(=O)c1. The molecule has 0 N–H and O–H groups in total. The third kappa shape index (κ3) is 3.54. The van der Waals surface area contributed by atoms with Crippen LogP contribution in [0.4, 0.5) is 0 Å². The topological polar surface area (TPSA) is 45.8 Å². The van der Waals surface area contributed by atoms with E-state index < -0.39 is 0 Å². The number of nitriles is 1. The molecular weight excluding hydrogens is 200 g/mol. The van der Waals surface area contributed by atoms with Crippen LogP contribution in [0.15, 0.2) is 23.1 Å². The lowest BCUT2D eigenvalue weighted by Crippen LogP contribution is -2.19. The third-order valence-corrected chi connectivity index (χ3v) is 2.66. The molecule has 0 fully saturated rings. The summed E-state index contributed by atoms with van der Waals surface area (Å²) in [5.74, 6) is 0. The van der Waals surface area contributed by atoms with Crippen LogP contribution >= 0.6 is 0 Å². The molecular formula is C13H18N2O. The van der Waals surface area contributed by atoms with Crippen LogP contribution in [0.1, 0.15) is 32.3 Å². The highest BCUT2D eigenvalue weighted by atomic mass is 16.1. The fraction of sp³-hybridized carbons (Fsp3) is 0.538. The molecule has 0 aliphatic heterocycles. The van der Waals surface area contributed by atoms with Gasteiger partial charge in [0.05, 0.1) is 11.5 Å². The Balaban J connectivity index is 2.57. The van der Waals surface area contributed by atoms with E-state index in [4.69, 9.17) is 5.26 Å². The van der Waals surface area contributed by atoms with Crippen molar-refractivity contribution >= 4 is 0 Å². The Morgan fingerprint density at radius 1 is 1.50 bits per heavy atom. The van der Waals surface area contributed by atoms with Gasteiger partial charge < -0.3 is 4.57 Å². The number of aryl methyl sites for hydroxylation is 2. The summed E-state index contributed by atoms with van der Waals surface area (Å²) in [4.78, 5) is 11.6. The van der Waals surface area contributed by atoms with Crippen LogP contribution in [0, 0.1) is 23.7 Å². The van der Waals surface area contributed by atoms with Gasteiger partial charge in [-0.2, -0.15) is 5.26 Å². The average molecular weight is 218 g/mol. The lowest BCUT2D eigenvalue weighted by atomic mass is 9.90. The summed E-state index contributed by atoms with van der Waals surface area (Å²) >= 11 is 0. The quantitative estimate of drug-likeness (QED) is 0.779. The average Bonchev–Trinajstić information content (AvgIpc) is 2.21. The second-order valence-corrected chi connectivity index (χ2v) is 4.83. The standard InChI is InChI=1S/C13H18N2O/c1-11-5-8-15(12(16)9-11)7-4-6-13(2,3)10-14/h5,8-9H,4,6-7H2,1-3H3. The zero-order valence-electron chi connectivity index (χ0n) is 10.2. The van der Waals surface area contributed by atoms with Gasteiger partial charge in [-0.3, -0.25) is 4.79 Å². The van der Waals surface area contributed by atoms with Gasteiger partial charge in [0.1, 0.15) is 0 Å². The minimum Gasteiger partial charge on any atom is -0.316 e. The fourth-order valence-corrected chi connectivity index (χ4v) is 1.54. The molecule has 3 nitrogen and oxygen atoms in total. The van der Waals surface area contributed by atoms with Crippen molar-refractivity contribution in [2.45, 2.75) is 40.2 Å². The lowest BCUT2D eigenvalue weighted by molar-refractivity contribution is 0.413. The van der Waals surface area contributed by atoms with Crippen molar-refractivity contribution in [2.75, 3.05) is 0 Å². The first-order valence-corrected chi connectivity index (χ1v) is 5.53. The molecule has 0 atom stereocenters. The molecule has 0 unspecified atom stereocenters. The van der Waals surface area contributed by atoms with Crippen LogP contribution in [0.25, 0.3) is 0 Å². The molecule has 1 aromatic rings. The van der Waals surface area contributed by atoms with Crippen molar-refractivity contribution in [1.29, 1.82) is 5.26 Å². The molecule has 1 heterocycles. The monoisotopic (exact) mass is 218 g/mol. The van der Waals surface area contributed by atoms with E-state index in [0.717, 1.165) is 18.4 Å². The molecule has 0 saturated heterocycles. The highest BCUT2D eigenvalue weighted by molar-refractivity contribution is 5.07. The number of hydrogen-bond donors (Lipinski definition) is 0. The minimum absolute atomic E-state index is 0.0368. The summed E-state index contributed by atoms with van der Waals surface area (Å²) in [6.45, 7) is 6.44. The van der Waals surface area contributed by atoms with Crippen molar-refractivity contribution in [1.82, 2.24) is 4.57 Å². The number of aromatic nitrogens is 1. The molecule has 1 rings (SSSR count). The van der Waals surface area contributed by atoms with E-state index in [9.17, 15) is 4.79 Å². The number of nitrogens with zero attached hydrogens (tertiary/aromatic N) is 2. The Morgan fingerprint density at radius 2 is 2.19 bits per heavy atom. The highest BCUT2D eigenvalue weighted by Gasteiger charge is 2.15. The molecule has 0 aliphatic rings. The number of rotatable bonds is 4. The van der Waals surface area contributed by atoms with Crippen LogP contribution < -0.4 is 5.56 Å². The Kier molecular flexibility index (Phi) is 3.89. The molecule has 0 saturated carbocycles. The van der Waals surface area contributed by atoms with Gasteiger partial charge >= 0.3 is 0 Å². The second kappa shape index (κ2) is 4.98. The Labute approximate surface area is 96.3 Å². The van der Waals surface area contributed by atoms with Crippen LogP contribution in [-0.4, -0.2) is 4.57 Å². The summed E-state index contributed by atoms with van der Waals surface area (Å²) in [5, 5.41) is 8.86. The first-order chi connectivity index (χ1) is 7.44. The van der Waals surface area contributed by atoms with E-state index in [1.807, 2.05) is 33.0 Å². The highest BCUT2D eigenvalue weighted by Crippen LogP contribution is 2.20. The predicted octanol–water partition coefficient (Wildman–Crippen LogP) is 2.49. The summed E-state index contributed by atoms with van der Waals surface area (Å²) < 4.78 is 1.69. The van der Waals surface area contributed by atoms with Gasteiger partial charge in [-0.15, -0.1) is 0 Å². The van der Waals surface area contributed by atoms with Crippen molar-refractivity contribution < 1.29 is 0 Å². The largest absolute Gasteiger partial charge is 0.316 e. The van der Waals surface area contributed by atoms with Crippen LogP contribution in [0.2, 0.25) is 0 Å². The molecule has 0 aliphatic carbocycles. The molecule has 16 heavy (non-hydrogen) atoms. The molecule has 0 bridgehead atoms. The summed E-state index contributed by atoms with van der Waals surface area (Å²) in [6, 6.07) is 5.83. The van der Waals surface area contributed by atoms with E-state index >= 15 is 0 Å². The zero-order chi connectivity index (χ0) is 12.2. The van der Waals surface area contributed by atoms with Gasteiger partial charge in [0.2, 0.25) is 0 Å². The van der Waals surface area contributed by atoms with Gasteiger partial charge in [-0.25, -0.2) is 0 Å². The third-order valence-electron chi connectivity index (χ3n) is 2.66. The molecule has 3 heteroatoms. The van der Waals surface area contributed by atoms with E-state index in [0.29, 0.717) is 6.54 Å². The van der Waals surface area contributed by atoms with Crippen LogP contribution in [0.3, 0.4) is 0 Å². The fourth-order valence-electron chi connectivity index (χ4n) is 1.54. The van der Waals surface area contributed by atoms with Gasteiger partial charge in [0, 0.05) is 18.8 Å². The smallest absolute Gasteiger partial charge is 0.250 e. The molecule has 0 amide bonds. The molecule has 86 valence electrons. The van der Waals surface area contributed by atoms with Gasteiger partial charge in [0.15, 0.2) is 0 Å². The molecule has 0 radical (unpaired) electrons. The summed E-state index contributed by atoms with van der Waals surface area (Å²) in [7, 11) is 0. The maximum atomic E-state index is 11.6. The van der Waals surface area contributed by atoms with E-state index in [1.54, 1.807) is 10.6 Å². The zero-order valence-corrected chi connectivity index (χ0v) is 10.2. The predicted molar refractivity (Wildman–Crippen MR) is 64.1 cm³/mol. The van der Waals surface area contributed by atoms with Crippen molar-refractivity contribution in [3.8, 4) is 6.07 Å². The number of pyridine rings is 1. The summed E-state index contributed by atoms with van der Waals surface area (Å²) in [6.07, 6.45) is 3.48. The van der Waals surface area contributed by atoms with Crippen molar-refractivity contribution in [2.24, 2.45) is 5.41 Å². The van der Waals surface area contributed by atoms with E-state index in [-0.39, 0.29) is 11.0 Å². The molecule has 0 aromatic carbocycles. The van der Waals surface area contributed by atoms with Crippen LogP contribution in [0.5, 0.6) is 0 Å². The van der Waals surface area contributed by atoms with E-state index in [1.165, 1.54) is 0 Å². The van der Waals surface area contributed by atoms with Crippen molar-refractivity contribution in [3.63, 3.8) is 0 Å². The molecule has 1 aromatic heterocycles. The van der Waals surface area contributed by atoms with Gasteiger partial charge in [-0.1, -0.05) is 0 Å². The molecule has 0 spiro atoms. The van der Waals surface area contributed by atoms with Gasteiger partial charge in [0.25, 0.3) is 5.56 Å². The first-order valence-electron chi connectivity index (χ1n) is 5.53. The van der Waals surface area contributed by atoms with Crippen LogP contribution in [-0.2, 0) is 6.54 Å². The Morgan fingerprint density at radius 3 is 2.75 bits per heavy atom. The maximum absolute atomic E-state index is 11.6. The number of hydrogen-bond acceptors (Lipinski definition) is 2. The van der Waals surface area contributed by atoms with E-state index in [2.05, 4.69) is 6.07 Å². The summed E-state index contributed by atoms with van der Waals surface area (Å²) in [5.41, 5.74) is 0.724. The first kappa shape index (κ1) is 12.5. The normalized spacial score (nSPS) is 11.1. The Bertz CT molecular complexity index is 452. The van der Waals surface area contributed by atoms with Gasteiger partial charge in [-0.05, 0) is 45.2 Å². The Hall–Kier alpha value is -1.56. The maximum Gasteiger partial charge on any atom is 0.250 e. The second-order valence-electron chi connectivity index (χ2n) is 4.83.